The minimum Gasteiger partial charge on any atom is -0.355 e. The van der Waals surface area contributed by atoms with Gasteiger partial charge in [0, 0.05) is 25.0 Å². The van der Waals surface area contributed by atoms with Crippen molar-refractivity contribution in [2.24, 2.45) is 5.92 Å². The lowest BCUT2D eigenvalue weighted by Crippen LogP contribution is -2.50. The molecule has 3 heteroatoms. The van der Waals surface area contributed by atoms with Gasteiger partial charge in [0.2, 0.25) is 5.91 Å². The lowest BCUT2D eigenvalue weighted by atomic mass is 9.93. The molecule has 0 aromatic heterocycles. The number of rotatable bonds is 4. The lowest BCUT2D eigenvalue weighted by Gasteiger charge is -2.30. The molecule has 1 heterocycles. The minimum atomic E-state index is 0.204. The van der Waals surface area contributed by atoms with Crippen molar-refractivity contribution in [3.05, 3.63) is 35.9 Å². The largest absolute Gasteiger partial charge is 0.355 e. The molecule has 1 aliphatic carbocycles. The molecule has 2 aliphatic rings. The van der Waals surface area contributed by atoms with E-state index < -0.39 is 0 Å². The Bertz CT molecular complexity index is 436. The van der Waals surface area contributed by atoms with Gasteiger partial charge in [-0.15, -0.1) is 0 Å². The molecule has 1 aromatic carbocycles. The first-order chi connectivity index (χ1) is 9.81. The molecule has 0 spiro atoms. The number of hydrogen-bond donors (Lipinski definition) is 2. The molecule has 3 rings (SSSR count). The van der Waals surface area contributed by atoms with Gasteiger partial charge in [-0.1, -0.05) is 36.8 Å². The maximum Gasteiger partial charge on any atom is 0.220 e. The first-order valence-electron chi connectivity index (χ1n) is 7.88. The van der Waals surface area contributed by atoms with E-state index in [0.717, 1.165) is 18.9 Å². The van der Waals surface area contributed by atoms with Gasteiger partial charge in [0.1, 0.15) is 0 Å². The highest BCUT2D eigenvalue weighted by atomic mass is 16.1. The monoisotopic (exact) mass is 272 g/mol. The van der Waals surface area contributed by atoms with Crippen LogP contribution in [-0.2, 0) is 11.2 Å². The van der Waals surface area contributed by atoms with Crippen molar-refractivity contribution >= 4 is 5.91 Å². The molecule has 1 saturated carbocycles. The normalized spacial score (nSPS) is 30.2. The van der Waals surface area contributed by atoms with E-state index in [1.165, 1.54) is 31.2 Å². The molecular formula is C17H24N2O. The first-order valence-corrected chi connectivity index (χ1v) is 7.88. The van der Waals surface area contributed by atoms with Crippen molar-refractivity contribution in [1.82, 2.24) is 10.6 Å². The Kier molecular flexibility index (Phi) is 4.36. The van der Waals surface area contributed by atoms with Crippen LogP contribution in [0.15, 0.2) is 30.3 Å². The molecule has 2 N–H and O–H groups in total. The maximum absolute atomic E-state index is 11.2. The van der Waals surface area contributed by atoms with Gasteiger partial charge in [-0.05, 0) is 37.2 Å². The predicted octanol–water partition coefficient (Wildman–Crippen LogP) is 2.27. The second-order valence-electron chi connectivity index (χ2n) is 6.19. The van der Waals surface area contributed by atoms with Crippen LogP contribution >= 0.6 is 0 Å². The van der Waals surface area contributed by atoms with E-state index in [0.29, 0.717) is 18.5 Å². The molecule has 1 saturated heterocycles. The van der Waals surface area contributed by atoms with Gasteiger partial charge in [0.25, 0.3) is 0 Å². The molecule has 3 atom stereocenters. The zero-order valence-corrected chi connectivity index (χ0v) is 12.0. The van der Waals surface area contributed by atoms with E-state index in [1.807, 2.05) is 0 Å². The number of piperidine rings is 1. The molecule has 1 aliphatic heterocycles. The third-order valence-electron chi connectivity index (χ3n) is 4.72. The van der Waals surface area contributed by atoms with E-state index in [2.05, 4.69) is 41.0 Å². The van der Waals surface area contributed by atoms with Crippen LogP contribution in [0.25, 0.3) is 0 Å². The minimum absolute atomic E-state index is 0.204. The summed E-state index contributed by atoms with van der Waals surface area (Å²) in [6, 6.07) is 11.9. The summed E-state index contributed by atoms with van der Waals surface area (Å²) in [5.74, 6) is 0.949. The Labute approximate surface area is 121 Å². The third kappa shape index (κ3) is 3.40. The highest BCUT2D eigenvalue weighted by molar-refractivity contribution is 5.76. The van der Waals surface area contributed by atoms with Crippen LogP contribution in [0.3, 0.4) is 0 Å². The Morgan fingerprint density at radius 2 is 2.00 bits per heavy atom. The SMILES string of the molecule is O=C1CC[C@H](N[C@H]2CCC[C@H]2Cc2ccccc2)CN1. The van der Waals surface area contributed by atoms with Gasteiger partial charge in [0.05, 0.1) is 0 Å². The molecule has 0 bridgehead atoms. The molecule has 1 amide bonds. The summed E-state index contributed by atoms with van der Waals surface area (Å²) in [6.07, 6.45) is 6.77. The summed E-state index contributed by atoms with van der Waals surface area (Å²) in [5.41, 5.74) is 1.45. The van der Waals surface area contributed by atoms with Crippen molar-refractivity contribution in [1.29, 1.82) is 0 Å². The Morgan fingerprint density at radius 1 is 1.15 bits per heavy atom. The van der Waals surface area contributed by atoms with Gasteiger partial charge in [-0.2, -0.15) is 0 Å². The molecule has 3 nitrogen and oxygen atoms in total. The van der Waals surface area contributed by atoms with Crippen molar-refractivity contribution in [2.75, 3.05) is 6.54 Å². The standard InChI is InChI=1S/C17H24N2O/c20-17-10-9-15(12-18-17)19-16-8-4-7-14(16)11-13-5-2-1-3-6-13/h1-3,5-6,14-16,19H,4,7-12H2,(H,18,20)/t14-,15-,16-/m0/s1. The van der Waals surface area contributed by atoms with Crippen LogP contribution in [-0.4, -0.2) is 24.5 Å². The number of nitrogens with one attached hydrogen (secondary N) is 2. The quantitative estimate of drug-likeness (QED) is 0.883. The zero-order chi connectivity index (χ0) is 13.8. The molecular weight excluding hydrogens is 248 g/mol. The first kappa shape index (κ1) is 13.6. The average Bonchev–Trinajstić information content (AvgIpc) is 2.90. The summed E-state index contributed by atoms with van der Waals surface area (Å²) < 4.78 is 0. The Hall–Kier alpha value is -1.35. The summed E-state index contributed by atoms with van der Waals surface area (Å²) >= 11 is 0. The third-order valence-corrected chi connectivity index (χ3v) is 4.72. The molecule has 0 unspecified atom stereocenters. The highest BCUT2D eigenvalue weighted by Gasteiger charge is 2.30. The smallest absolute Gasteiger partial charge is 0.220 e. The fourth-order valence-electron chi connectivity index (χ4n) is 3.60. The van der Waals surface area contributed by atoms with Crippen LogP contribution in [0.2, 0.25) is 0 Å². The van der Waals surface area contributed by atoms with Crippen LogP contribution in [0, 0.1) is 5.92 Å². The van der Waals surface area contributed by atoms with Crippen molar-refractivity contribution < 1.29 is 4.79 Å². The fourth-order valence-corrected chi connectivity index (χ4v) is 3.60. The summed E-state index contributed by atoms with van der Waals surface area (Å²) in [7, 11) is 0. The number of carbonyl (C=O) groups excluding carboxylic acids is 1. The van der Waals surface area contributed by atoms with Gasteiger partial charge >= 0.3 is 0 Å². The lowest BCUT2D eigenvalue weighted by molar-refractivity contribution is -0.122. The Morgan fingerprint density at radius 3 is 2.75 bits per heavy atom. The summed E-state index contributed by atoms with van der Waals surface area (Å²) in [4.78, 5) is 11.2. The second-order valence-corrected chi connectivity index (χ2v) is 6.19. The van der Waals surface area contributed by atoms with Crippen molar-refractivity contribution in [2.45, 2.75) is 50.6 Å². The molecule has 20 heavy (non-hydrogen) atoms. The van der Waals surface area contributed by atoms with Crippen LogP contribution in [0.5, 0.6) is 0 Å². The topological polar surface area (TPSA) is 41.1 Å². The summed E-state index contributed by atoms with van der Waals surface area (Å²) in [5, 5.41) is 6.76. The van der Waals surface area contributed by atoms with Crippen molar-refractivity contribution in [3.63, 3.8) is 0 Å². The summed E-state index contributed by atoms with van der Waals surface area (Å²) in [6.45, 7) is 0.799. The van der Waals surface area contributed by atoms with Gasteiger partial charge in [-0.3, -0.25) is 4.79 Å². The molecule has 0 radical (unpaired) electrons. The molecule has 108 valence electrons. The number of benzene rings is 1. The number of amides is 1. The van der Waals surface area contributed by atoms with E-state index in [4.69, 9.17) is 0 Å². The van der Waals surface area contributed by atoms with Gasteiger partial charge in [-0.25, -0.2) is 0 Å². The van der Waals surface area contributed by atoms with E-state index in [-0.39, 0.29) is 5.91 Å². The van der Waals surface area contributed by atoms with Gasteiger partial charge in [0.15, 0.2) is 0 Å². The van der Waals surface area contributed by atoms with E-state index in [1.54, 1.807) is 0 Å². The number of carbonyl (C=O) groups is 1. The van der Waals surface area contributed by atoms with Crippen molar-refractivity contribution in [3.8, 4) is 0 Å². The average molecular weight is 272 g/mol. The molecule has 2 fully saturated rings. The van der Waals surface area contributed by atoms with Crippen LogP contribution < -0.4 is 10.6 Å². The molecule has 1 aromatic rings. The maximum atomic E-state index is 11.2. The number of hydrogen-bond acceptors (Lipinski definition) is 2. The van der Waals surface area contributed by atoms with E-state index in [9.17, 15) is 4.79 Å². The Balaban J connectivity index is 1.54. The highest BCUT2D eigenvalue weighted by Crippen LogP contribution is 2.29. The predicted molar refractivity (Wildman–Crippen MR) is 80.4 cm³/mol. The van der Waals surface area contributed by atoms with E-state index >= 15 is 0 Å². The van der Waals surface area contributed by atoms with Gasteiger partial charge < -0.3 is 10.6 Å². The second kappa shape index (κ2) is 6.40. The van der Waals surface area contributed by atoms with Crippen LogP contribution in [0.1, 0.15) is 37.7 Å². The zero-order valence-electron chi connectivity index (χ0n) is 12.0. The fraction of sp³-hybridized carbons (Fsp3) is 0.588. The van der Waals surface area contributed by atoms with Crippen LogP contribution in [0.4, 0.5) is 0 Å².